The summed E-state index contributed by atoms with van der Waals surface area (Å²) in [5, 5.41) is 3.12. The van der Waals surface area contributed by atoms with Gasteiger partial charge in [0.05, 0.1) is 0 Å². The summed E-state index contributed by atoms with van der Waals surface area (Å²) in [6.45, 7) is 0. The number of nitrogens with zero attached hydrogens (tertiary/aromatic N) is 8. The van der Waals surface area contributed by atoms with E-state index in [1.54, 1.807) is 8.80 Å². The van der Waals surface area contributed by atoms with E-state index in [-0.39, 0.29) is 5.69 Å². The van der Waals surface area contributed by atoms with Crippen LogP contribution < -0.4 is 5.69 Å². The van der Waals surface area contributed by atoms with Crippen LogP contribution in [0.25, 0.3) is 89.7 Å². The fourth-order valence-electron chi connectivity index (χ4n) is 6.26. The van der Waals surface area contributed by atoms with Gasteiger partial charge in [0.2, 0.25) is 0 Å². The van der Waals surface area contributed by atoms with E-state index in [2.05, 4.69) is 0 Å². The van der Waals surface area contributed by atoms with Gasteiger partial charge in [-0.15, -0.1) is 0 Å². The third kappa shape index (κ3) is 2.64. The van der Waals surface area contributed by atoms with Crippen LogP contribution >= 0.6 is 0 Å². The number of benzene rings is 4. The van der Waals surface area contributed by atoms with Crippen LogP contribution in [0.3, 0.4) is 0 Å². The highest BCUT2D eigenvalue weighted by atomic mass is 16.1. The quantitative estimate of drug-likeness (QED) is 0.239. The first-order valence-corrected chi connectivity index (χ1v) is 13.5. The van der Waals surface area contributed by atoms with E-state index < -0.39 is 0 Å². The molecular weight excluding hydrogens is 524 g/mol. The standard InChI is InChI=1S/C33H16N8O/c42-33-40-29-21-13-5-6-14-22(21)31(40)38-27-19-11-3-4-12-20(19)28(35-27)39-32-24-16-8-7-15-23(24)30(41(32)33)37-26-18-10-2-1-9-17(18)25(34-26)36-29/h1-16H. The molecule has 4 aromatic heterocycles. The van der Waals surface area contributed by atoms with Gasteiger partial charge in [-0.05, 0) is 0 Å². The van der Waals surface area contributed by atoms with Gasteiger partial charge in [-0.1, -0.05) is 97.1 Å². The summed E-state index contributed by atoms with van der Waals surface area (Å²) < 4.78 is 3.12. The van der Waals surface area contributed by atoms with Crippen LogP contribution in [0.1, 0.15) is 0 Å². The molecule has 0 aliphatic carbocycles. The van der Waals surface area contributed by atoms with Crippen molar-refractivity contribution in [1.29, 1.82) is 0 Å². The van der Waals surface area contributed by atoms with Crippen molar-refractivity contribution >= 4 is 44.1 Å². The molecule has 10 rings (SSSR count). The van der Waals surface area contributed by atoms with E-state index in [4.69, 9.17) is 29.9 Å². The van der Waals surface area contributed by atoms with Crippen LogP contribution in [-0.2, 0) is 0 Å². The van der Waals surface area contributed by atoms with Gasteiger partial charge in [0.15, 0.2) is 45.9 Å². The van der Waals surface area contributed by atoms with Gasteiger partial charge in [0, 0.05) is 43.8 Å². The zero-order valence-corrected chi connectivity index (χ0v) is 21.7. The van der Waals surface area contributed by atoms with E-state index in [0.29, 0.717) is 45.9 Å². The number of fused-ring (bicyclic) bond motifs is 16. The van der Waals surface area contributed by atoms with Crippen molar-refractivity contribution < 1.29 is 0 Å². The smallest absolute Gasteiger partial charge is 0.247 e. The summed E-state index contributed by atoms with van der Waals surface area (Å²) in [7, 11) is 0. The fraction of sp³-hybridized carbons (Fsp3) is 0. The number of aromatic nitrogens is 8. The lowest BCUT2D eigenvalue weighted by molar-refractivity contribution is 0.962. The van der Waals surface area contributed by atoms with E-state index in [1.165, 1.54) is 0 Å². The van der Waals surface area contributed by atoms with Gasteiger partial charge in [-0.2, -0.15) is 0 Å². The third-order valence-corrected chi connectivity index (χ3v) is 8.14. The number of rotatable bonds is 0. The first-order chi connectivity index (χ1) is 20.7. The molecule has 0 saturated heterocycles. The predicted octanol–water partition coefficient (Wildman–Crippen LogP) is 5.80. The lowest BCUT2D eigenvalue weighted by Gasteiger charge is -1.97. The Morgan fingerprint density at radius 2 is 0.619 bits per heavy atom. The molecule has 6 heterocycles. The van der Waals surface area contributed by atoms with Gasteiger partial charge in [0.25, 0.3) is 0 Å². The highest BCUT2D eigenvalue weighted by molar-refractivity contribution is 6.07. The van der Waals surface area contributed by atoms with Gasteiger partial charge in [-0.25, -0.2) is 43.5 Å². The van der Waals surface area contributed by atoms with E-state index in [0.717, 1.165) is 43.8 Å². The van der Waals surface area contributed by atoms with Crippen LogP contribution in [0, 0.1) is 0 Å². The maximum atomic E-state index is 15.0. The molecule has 4 aromatic carbocycles. The molecule has 0 unspecified atom stereocenters. The molecular formula is C33H16N8O. The molecule has 2 aliphatic heterocycles. The van der Waals surface area contributed by atoms with Crippen LogP contribution in [0.5, 0.6) is 0 Å². The maximum Gasteiger partial charge on any atom is 0.343 e. The van der Waals surface area contributed by atoms with Crippen molar-refractivity contribution in [3.63, 3.8) is 0 Å². The summed E-state index contributed by atoms with van der Waals surface area (Å²) in [5.74, 6) is 1.98. The Labute approximate surface area is 235 Å². The molecule has 0 saturated carbocycles. The molecule has 9 nitrogen and oxygen atoms in total. The SMILES string of the molecule is O=c1n2c3nc4nc(nc5c6ccccc6c(nc6nc(nc2c2ccccc23)-c2ccccc2-6)n15)-c1ccccc1-4. The summed E-state index contributed by atoms with van der Waals surface area (Å²) in [6, 6.07) is 31.3. The topological polar surface area (TPSA) is 103 Å². The Morgan fingerprint density at radius 3 is 0.905 bits per heavy atom. The van der Waals surface area contributed by atoms with Crippen molar-refractivity contribution in [2.75, 3.05) is 0 Å². The molecule has 6 bridgehead atoms. The first kappa shape index (κ1) is 21.7. The molecule has 0 amide bonds. The number of hydrogen-bond donors (Lipinski definition) is 0. The van der Waals surface area contributed by atoms with Crippen molar-refractivity contribution in [1.82, 2.24) is 38.7 Å². The Bertz CT molecular complexity index is 2330. The van der Waals surface area contributed by atoms with Gasteiger partial charge >= 0.3 is 5.69 Å². The molecule has 8 aromatic rings. The number of hydrogen-bond acceptors (Lipinski definition) is 7. The second-order valence-electron chi connectivity index (χ2n) is 10.4. The molecule has 194 valence electrons. The minimum Gasteiger partial charge on any atom is -0.247 e. The van der Waals surface area contributed by atoms with E-state index in [1.807, 2.05) is 97.1 Å². The Morgan fingerprint density at radius 1 is 0.357 bits per heavy atom. The fourth-order valence-corrected chi connectivity index (χ4v) is 6.26. The Hall–Kier alpha value is -6.09. The highest BCUT2D eigenvalue weighted by Crippen LogP contribution is 2.37. The minimum atomic E-state index is -0.379. The van der Waals surface area contributed by atoms with E-state index >= 15 is 0 Å². The monoisotopic (exact) mass is 540 g/mol. The van der Waals surface area contributed by atoms with Crippen molar-refractivity contribution in [2.45, 2.75) is 0 Å². The second-order valence-corrected chi connectivity index (χ2v) is 10.4. The zero-order chi connectivity index (χ0) is 27.5. The molecule has 0 fully saturated rings. The van der Waals surface area contributed by atoms with E-state index in [9.17, 15) is 4.79 Å². The average molecular weight is 541 g/mol. The molecule has 42 heavy (non-hydrogen) atoms. The summed E-state index contributed by atoms with van der Waals surface area (Å²) >= 11 is 0. The predicted molar refractivity (Wildman–Crippen MR) is 160 cm³/mol. The van der Waals surface area contributed by atoms with Crippen molar-refractivity contribution in [3.05, 3.63) is 108 Å². The van der Waals surface area contributed by atoms with Crippen LogP contribution in [-0.4, -0.2) is 38.7 Å². The third-order valence-electron chi connectivity index (χ3n) is 8.14. The highest BCUT2D eigenvalue weighted by Gasteiger charge is 2.25. The molecule has 9 heteroatoms. The summed E-state index contributed by atoms with van der Waals surface area (Å²) in [6.07, 6.45) is 0. The summed E-state index contributed by atoms with van der Waals surface area (Å²) in [4.78, 5) is 45.0. The lowest BCUT2D eigenvalue weighted by atomic mass is 10.1. The van der Waals surface area contributed by atoms with Crippen LogP contribution in [0.15, 0.2) is 102 Å². The van der Waals surface area contributed by atoms with Gasteiger partial charge in [0.1, 0.15) is 0 Å². The lowest BCUT2D eigenvalue weighted by Crippen LogP contribution is -2.20. The Balaban J connectivity index is 1.62. The molecule has 0 spiro atoms. The maximum absolute atomic E-state index is 15.0. The van der Waals surface area contributed by atoms with Crippen molar-refractivity contribution in [2.24, 2.45) is 0 Å². The normalized spacial score (nSPS) is 12.4. The zero-order valence-electron chi connectivity index (χ0n) is 21.7. The molecule has 2 aliphatic rings. The second kappa shape index (κ2) is 7.55. The van der Waals surface area contributed by atoms with Crippen LogP contribution in [0.2, 0.25) is 0 Å². The van der Waals surface area contributed by atoms with Gasteiger partial charge in [-0.3, -0.25) is 0 Å². The largest absolute Gasteiger partial charge is 0.343 e. The molecule has 0 N–H and O–H groups in total. The Kier molecular flexibility index (Phi) is 3.90. The van der Waals surface area contributed by atoms with Gasteiger partial charge < -0.3 is 0 Å². The minimum absolute atomic E-state index is 0.379. The van der Waals surface area contributed by atoms with Crippen molar-refractivity contribution in [3.8, 4) is 45.6 Å². The molecule has 0 atom stereocenters. The molecule has 0 radical (unpaired) electrons. The average Bonchev–Trinajstić information content (AvgIpc) is 3.74. The first-order valence-electron chi connectivity index (χ1n) is 13.5. The summed E-state index contributed by atoms with van der Waals surface area (Å²) in [5.41, 5.74) is 4.80. The van der Waals surface area contributed by atoms with Crippen LogP contribution in [0.4, 0.5) is 0 Å².